The average Bonchev–Trinajstić information content (AvgIpc) is 3.06. The highest BCUT2D eigenvalue weighted by Gasteiger charge is 2.16. The molecule has 4 nitrogen and oxygen atoms in total. The van der Waals surface area contributed by atoms with Crippen molar-refractivity contribution in [3.63, 3.8) is 0 Å². The lowest BCUT2D eigenvalue weighted by molar-refractivity contribution is 0.0951. The van der Waals surface area contributed by atoms with Crippen molar-refractivity contribution in [1.29, 1.82) is 0 Å². The molecule has 0 bridgehead atoms. The molecule has 0 saturated heterocycles. The molecule has 0 aromatic heterocycles. The molecule has 0 unspecified atom stereocenters. The summed E-state index contributed by atoms with van der Waals surface area (Å²) in [5, 5.41) is 8.93. The minimum absolute atomic E-state index is 0.0742. The first-order valence-corrected chi connectivity index (χ1v) is 10.4. The molecule has 31 heavy (non-hydrogen) atoms. The molecular weight excluding hydrogens is 382 g/mol. The topological polar surface area (TPSA) is 44.4 Å². The summed E-state index contributed by atoms with van der Waals surface area (Å²) in [5.41, 5.74) is 4.95. The molecule has 1 amide bonds. The Hall–Kier alpha value is -4.05. The Morgan fingerprint density at radius 2 is 1.65 bits per heavy atom. The number of amides is 1. The fourth-order valence-corrected chi connectivity index (χ4v) is 3.92. The van der Waals surface area contributed by atoms with Gasteiger partial charge < -0.3 is 15.5 Å². The minimum Gasteiger partial charge on any atom is -0.379 e. The molecule has 0 saturated carbocycles. The van der Waals surface area contributed by atoms with Crippen molar-refractivity contribution in [1.82, 2.24) is 5.32 Å². The Balaban J connectivity index is 1.40. The quantitative estimate of drug-likeness (QED) is 0.448. The highest BCUT2D eigenvalue weighted by molar-refractivity contribution is 6.02. The second-order valence-electron chi connectivity index (χ2n) is 7.53. The predicted octanol–water partition coefficient (Wildman–Crippen LogP) is 5.85. The maximum Gasteiger partial charge on any atom is 0.251 e. The van der Waals surface area contributed by atoms with Crippen molar-refractivity contribution in [2.45, 2.75) is 6.54 Å². The molecule has 2 N–H and O–H groups in total. The summed E-state index contributed by atoms with van der Waals surface area (Å²) in [6.07, 6.45) is 4.19. The highest BCUT2D eigenvalue weighted by atomic mass is 16.1. The van der Waals surface area contributed by atoms with Crippen molar-refractivity contribution >= 4 is 33.7 Å². The van der Waals surface area contributed by atoms with E-state index >= 15 is 0 Å². The molecule has 0 radical (unpaired) electrons. The average molecular weight is 406 g/mol. The van der Waals surface area contributed by atoms with Gasteiger partial charge in [-0.15, -0.1) is 0 Å². The van der Waals surface area contributed by atoms with E-state index in [0.717, 1.165) is 29.2 Å². The van der Waals surface area contributed by atoms with Crippen LogP contribution < -0.4 is 15.5 Å². The monoisotopic (exact) mass is 405 g/mol. The molecular formula is C27H23N3O. The van der Waals surface area contributed by atoms with Crippen LogP contribution in [0.3, 0.4) is 0 Å². The van der Waals surface area contributed by atoms with E-state index in [1.807, 2.05) is 54.6 Å². The number of hydrogen-bond donors (Lipinski definition) is 2. The van der Waals surface area contributed by atoms with Crippen LogP contribution in [-0.2, 0) is 6.54 Å². The lowest BCUT2D eigenvalue weighted by Crippen LogP contribution is -2.22. The van der Waals surface area contributed by atoms with E-state index in [2.05, 4.69) is 64.2 Å². The van der Waals surface area contributed by atoms with Crippen molar-refractivity contribution < 1.29 is 4.79 Å². The lowest BCUT2D eigenvalue weighted by atomic mass is 10.1. The molecule has 0 spiro atoms. The fraction of sp³-hybridized carbons (Fsp3) is 0.0741. The van der Waals surface area contributed by atoms with E-state index in [1.165, 1.54) is 10.8 Å². The van der Waals surface area contributed by atoms with Crippen LogP contribution in [-0.4, -0.2) is 12.5 Å². The molecule has 5 rings (SSSR count). The van der Waals surface area contributed by atoms with E-state index in [1.54, 1.807) is 0 Å². The van der Waals surface area contributed by atoms with E-state index in [0.29, 0.717) is 12.1 Å². The molecule has 1 aliphatic heterocycles. The summed E-state index contributed by atoms with van der Waals surface area (Å²) in [4.78, 5) is 14.7. The van der Waals surface area contributed by atoms with Gasteiger partial charge in [0, 0.05) is 35.9 Å². The first-order valence-electron chi connectivity index (χ1n) is 10.4. The molecule has 4 aromatic rings. The van der Waals surface area contributed by atoms with Crippen LogP contribution in [0, 0.1) is 0 Å². The zero-order valence-electron chi connectivity index (χ0n) is 17.1. The second kappa shape index (κ2) is 8.36. The third-order valence-corrected chi connectivity index (χ3v) is 5.52. The Bertz CT molecular complexity index is 1250. The van der Waals surface area contributed by atoms with Crippen LogP contribution in [0.2, 0.25) is 0 Å². The van der Waals surface area contributed by atoms with Gasteiger partial charge in [-0.1, -0.05) is 60.7 Å². The van der Waals surface area contributed by atoms with Crippen molar-refractivity contribution in [2.75, 3.05) is 16.8 Å². The minimum atomic E-state index is -0.0742. The normalized spacial score (nSPS) is 12.7. The smallest absolute Gasteiger partial charge is 0.251 e. The van der Waals surface area contributed by atoms with Crippen molar-refractivity contribution in [3.8, 4) is 0 Å². The third-order valence-electron chi connectivity index (χ3n) is 5.52. The van der Waals surface area contributed by atoms with E-state index in [9.17, 15) is 4.79 Å². The summed E-state index contributed by atoms with van der Waals surface area (Å²) < 4.78 is 0. The van der Waals surface area contributed by atoms with Gasteiger partial charge in [0.1, 0.15) is 0 Å². The molecule has 4 heteroatoms. The SMILES string of the molecule is O=C(NCc1ccccc1)c1ccc(N2C=CCNc3c2ccc2ccccc32)cc1. The number of nitrogens with one attached hydrogen (secondary N) is 2. The molecule has 0 atom stereocenters. The number of rotatable bonds is 4. The first-order chi connectivity index (χ1) is 15.3. The van der Waals surface area contributed by atoms with Crippen LogP contribution in [0.4, 0.5) is 17.1 Å². The Morgan fingerprint density at radius 1 is 0.871 bits per heavy atom. The van der Waals surface area contributed by atoms with Gasteiger partial charge in [-0.25, -0.2) is 0 Å². The number of fused-ring (bicyclic) bond motifs is 3. The molecule has 4 aromatic carbocycles. The van der Waals surface area contributed by atoms with E-state index < -0.39 is 0 Å². The van der Waals surface area contributed by atoms with Gasteiger partial charge >= 0.3 is 0 Å². The fourth-order valence-electron chi connectivity index (χ4n) is 3.92. The molecule has 0 aliphatic carbocycles. The number of benzene rings is 4. The van der Waals surface area contributed by atoms with Gasteiger partial charge in [0.25, 0.3) is 5.91 Å². The second-order valence-corrected chi connectivity index (χ2v) is 7.53. The summed E-state index contributed by atoms with van der Waals surface area (Å²) in [6, 6.07) is 30.3. The predicted molar refractivity (Wildman–Crippen MR) is 128 cm³/mol. The highest BCUT2D eigenvalue weighted by Crippen LogP contribution is 2.39. The van der Waals surface area contributed by atoms with Crippen LogP contribution in [0.25, 0.3) is 10.8 Å². The number of hydrogen-bond acceptors (Lipinski definition) is 3. The van der Waals surface area contributed by atoms with Crippen molar-refractivity contribution in [2.24, 2.45) is 0 Å². The van der Waals surface area contributed by atoms with Crippen molar-refractivity contribution in [3.05, 3.63) is 114 Å². The molecule has 1 aliphatic rings. The van der Waals surface area contributed by atoms with Gasteiger partial charge in [0.05, 0.1) is 11.4 Å². The number of carbonyl (C=O) groups excluding carboxylic acids is 1. The van der Waals surface area contributed by atoms with Gasteiger partial charge in [-0.2, -0.15) is 0 Å². The largest absolute Gasteiger partial charge is 0.379 e. The maximum absolute atomic E-state index is 12.6. The van der Waals surface area contributed by atoms with Crippen LogP contribution in [0.5, 0.6) is 0 Å². The summed E-state index contributed by atoms with van der Waals surface area (Å²) in [6.45, 7) is 1.28. The van der Waals surface area contributed by atoms with Gasteiger partial charge in [-0.05, 0) is 47.4 Å². The van der Waals surface area contributed by atoms with Gasteiger partial charge in [-0.3, -0.25) is 4.79 Å². The third kappa shape index (κ3) is 3.88. The van der Waals surface area contributed by atoms with Gasteiger partial charge in [0.2, 0.25) is 0 Å². The molecule has 0 fully saturated rings. The summed E-state index contributed by atoms with van der Waals surface area (Å²) in [5.74, 6) is -0.0742. The zero-order chi connectivity index (χ0) is 21.0. The Labute approximate surface area is 181 Å². The first kappa shape index (κ1) is 18.9. The maximum atomic E-state index is 12.6. The lowest BCUT2D eigenvalue weighted by Gasteiger charge is -2.23. The van der Waals surface area contributed by atoms with Crippen LogP contribution in [0.15, 0.2) is 103 Å². The van der Waals surface area contributed by atoms with E-state index in [-0.39, 0.29) is 5.91 Å². The summed E-state index contributed by atoms with van der Waals surface area (Å²) in [7, 11) is 0. The van der Waals surface area contributed by atoms with Crippen LogP contribution in [0.1, 0.15) is 15.9 Å². The summed E-state index contributed by atoms with van der Waals surface area (Å²) >= 11 is 0. The Kier molecular flexibility index (Phi) is 5.11. The number of nitrogens with zero attached hydrogens (tertiary/aromatic N) is 1. The van der Waals surface area contributed by atoms with E-state index in [4.69, 9.17) is 0 Å². The number of anilines is 3. The number of carbonyl (C=O) groups is 1. The standard InChI is InChI=1S/C27H23N3O/c31-27(29-19-20-7-2-1-3-8-20)22-11-14-23(15-12-22)30-18-6-17-28-26-24-10-5-4-9-21(24)13-16-25(26)30/h1-16,18,28H,17,19H2,(H,29,31). The zero-order valence-corrected chi connectivity index (χ0v) is 17.1. The Morgan fingerprint density at radius 3 is 2.48 bits per heavy atom. The molecule has 152 valence electrons. The van der Waals surface area contributed by atoms with Gasteiger partial charge in [0.15, 0.2) is 0 Å². The van der Waals surface area contributed by atoms with Crippen LogP contribution >= 0.6 is 0 Å². The molecule has 1 heterocycles.